The molecule has 0 aliphatic heterocycles. The summed E-state index contributed by atoms with van der Waals surface area (Å²) in [7, 11) is 0. The number of fused-ring (bicyclic) bond motifs is 4. The summed E-state index contributed by atoms with van der Waals surface area (Å²) in [5.74, 6) is 1.92. The molecule has 6 aromatic carbocycles. The van der Waals surface area contributed by atoms with Crippen LogP contribution in [0, 0.1) is 0 Å². The highest BCUT2D eigenvalue weighted by atomic mass is 15.0. The van der Waals surface area contributed by atoms with E-state index in [2.05, 4.69) is 101 Å². The lowest BCUT2D eigenvalue weighted by Crippen LogP contribution is -2.01. The summed E-state index contributed by atoms with van der Waals surface area (Å²) in [6, 6.07) is 56.8. The monoisotopic (exact) mass is 625 g/mol. The second-order valence-corrected chi connectivity index (χ2v) is 12.3. The SMILES string of the molecule is c1ccc(-c2nc(-c3ccccc3)nc(-c3ccc4ccccc4c3-c3ccc4c(c3)c3c(-c5ccccc5)nc5cccc4n53)n2)cc1. The number of imidazole rings is 1. The van der Waals surface area contributed by atoms with Crippen LogP contribution >= 0.6 is 0 Å². The summed E-state index contributed by atoms with van der Waals surface area (Å²) in [6.45, 7) is 0. The number of nitrogens with zero attached hydrogens (tertiary/aromatic N) is 5. The third-order valence-corrected chi connectivity index (χ3v) is 9.40. The van der Waals surface area contributed by atoms with Crippen LogP contribution in [0.25, 0.3) is 94.8 Å². The van der Waals surface area contributed by atoms with E-state index in [0.717, 1.165) is 71.9 Å². The number of pyridine rings is 1. The molecule has 0 unspecified atom stereocenters. The van der Waals surface area contributed by atoms with E-state index >= 15 is 0 Å². The first kappa shape index (κ1) is 27.4. The lowest BCUT2D eigenvalue weighted by molar-refractivity contribution is 1.07. The van der Waals surface area contributed by atoms with Gasteiger partial charge in [0, 0.05) is 38.6 Å². The molecule has 0 N–H and O–H groups in total. The third kappa shape index (κ3) is 4.40. The standard InChI is InChI=1S/C44H27N5/c1-4-14-29(15-5-1)40-41-36-27-32(24-25-34(36)37-21-12-22-38(45-40)49(37)41)39-33-20-11-10-13-28(33)23-26-35(39)44-47-42(30-16-6-2-7-17-30)46-43(48-44)31-18-8-3-9-19-31/h1-27H. The first-order valence-electron chi connectivity index (χ1n) is 16.4. The highest BCUT2D eigenvalue weighted by Crippen LogP contribution is 2.43. The van der Waals surface area contributed by atoms with E-state index in [-0.39, 0.29) is 0 Å². The fourth-order valence-corrected chi connectivity index (χ4v) is 7.17. The van der Waals surface area contributed by atoms with Crippen LogP contribution in [-0.4, -0.2) is 24.3 Å². The van der Waals surface area contributed by atoms with Gasteiger partial charge < -0.3 is 0 Å². The Morgan fingerprint density at radius 2 is 1.02 bits per heavy atom. The van der Waals surface area contributed by atoms with Crippen LogP contribution in [0.4, 0.5) is 0 Å². The van der Waals surface area contributed by atoms with E-state index in [4.69, 9.17) is 19.9 Å². The Balaban J connectivity index is 1.27. The predicted molar refractivity (Wildman–Crippen MR) is 199 cm³/mol. The molecule has 228 valence electrons. The van der Waals surface area contributed by atoms with E-state index in [9.17, 15) is 0 Å². The van der Waals surface area contributed by atoms with Crippen LogP contribution in [0.15, 0.2) is 164 Å². The molecule has 5 nitrogen and oxygen atoms in total. The van der Waals surface area contributed by atoms with Crippen molar-refractivity contribution >= 4 is 38.2 Å². The van der Waals surface area contributed by atoms with Gasteiger partial charge in [-0.3, -0.25) is 4.40 Å². The van der Waals surface area contributed by atoms with E-state index < -0.39 is 0 Å². The molecule has 0 fully saturated rings. The number of hydrogen-bond acceptors (Lipinski definition) is 4. The van der Waals surface area contributed by atoms with Crippen molar-refractivity contribution in [3.63, 3.8) is 0 Å². The Morgan fingerprint density at radius 3 is 1.73 bits per heavy atom. The van der Waals surface area contributed by atoms with Gasteiger partial charge >= 0.3 is 0 Å². The second-order valence-electron chi connectivity index (χ2n) is 12.3. The first-order chi connectivity index (χ1) is 24.3. The van der Waals surface area contributed by atoms with Gasteiger partial charge in [0.15, 0.2) is 17.5 Å². The van der Waals surface area contributed by atoms with Crippen LogP contribution in [0.5, 0.6) is 0 Å². The van der Waals surface area contributed by atoms with Crippen molar-refractivity contribution in [2.45, 2.75) is 0 Å². The molecule has 10 aromatic rings. The van der Waals surface area contributed by atoms with Gasteiger partial charge in [-0.05, 0) is 40.6 Å². The smallest absolute Gasteiger partial charge is 0.164 e. The topological polar surface area (TPSA) is 56.0 Å². The quantitative estimate of drug-likeness (QED) is 0.191. The summed E-state index contributed by atoms with van der Waals surface area (Å²) < 4.78 is 2.30. The summed E-state index contributed by atoms with van der Waals surface area (Å²) >= 11 is 0. The Labute approximate surface area is 282 Å². The zero-order valence-electron chi connectivity index (χ0n) is 26.3. The van der Waals surface area contributed by atoms with Crippen LogP contribution in [0.1, 0.15) is 0 Å². The van der Waals surface area contributed by atoms with E-state index in [1.54, 1.807) is 0 Å². The van der Waals surface area contributed by atoms with Gasteiger partial charge in [0.1, 0.15) is 5.65 Å². The molecule has 0 aliphatic carbocycles. The lowest BCUT2D eigenvalue weighted by Gasteiger charge is -2.15. The van der Waals surface area contributed by atoms with Crippen LogP contribution < -0.4 is 0 Å². The van der Waals surface area contributed by atoms with Gasteiger partial charge in [-0.25, -0.2) is 19.9 Å². The second kappa shape index (κ2) is 10.9. The third-order valence-electron chi connectivity index (χ3n) is 9.40. The zero-order valence-corrected chi connectivity index (χ0v) is 26.3. The maximum Gasteiger partial charge on any atom is 0.164 e. The Hall–Kier alpha value is -6.72. The molecule has 4 heterocycles. The largest absolute Gasteiger partial charge is 0.292 e. The van der Waals surface area contributed by atoms with Crippen molar-refractivity contribution in [1.29, 1.82) is 0 Å². The van der Waals surface area contributed by atoms with Crippen molar-refractivity contribution in [2.24, 2.45) is 0 Å². The molecule has 0 saturated heterocycles. The number of benzene rings is 6. The minimum absolute atomic E-state index is 0.633. The summed E-state index contributed by atoms with van der Waals surface area (Å²) in [6.07, 6.45) is 0. The highest BCUT2D eigenvalue weighted by Gasteiger charge is 2.22. The van der Waals surface area contributed by atoms with Gasteiger partial charge in [-0.2, -0.15) is 0 Å². The Kier molecular flexibility index (Phi) is 6.11. The van der Waals surface area contributed by atoms with Crippen LogP contribution in [0.2, 0.25) is 0 Å². The van der Waals surface area contributed by atoms with Crippen molar-refractivity contribution in [2.75, 3.05) is 0 Å². The number of rotatable bonds is 5. The van der Waals surface area contributed by atoms with Crippen LogP contribution in [-0.2, 0) is 0 Å². The zero-order chi connectivity index (χ0) is 32.3. The van der Waals surface area contributed by atoms with Crippen molar-refractivity contribution in [3.05, 3.63) is 164 Å². The minimum atomic E-state index is 0.633. The van der Waals surface area contributed by atoms with Crippen LogP contribution in [0.3, 0.4) is 0 Å². The van der Waals surface area contributed by atoms with E-state index in [1.807, 2.05) is 66.7 Å². The fraction of sp³-hybridized carbons (Fsp3) is 0. The van der Waals surface area contributed by atoms with Gasteiger partial charge in [0.25, 0.3) is 0 Å². The molecular formula is C44H27N5. The maximum absolute atomic E-state index is 5.14. The fourth-order valence-electron chi connectivity index (χ4n) is 7.17. The summed E-state index contributed by atoms with van der Waals surface area (Å²) in [5.41, 5.74) is 10.3. The first-order valence-corrected chi connectivity index (χ1v) is 16.4. The average Bonchev–Trinajstić information content (AvgIpc) is 3.74. The molecule has 10 rings (SSSR count). The van der Waals surface area contributed by atoms with Gasteiger partial charge in [-0.15, -0.1) is 0 Å². The van der Waals surface area contributed by atoms with Gasteiger partial charge in [0.05, 0.1) is 16.7 Å². The highest BCUT2D eigenvalue weighted by molar-refractivity contribution is 6.16. The Morgan fingerprint density at radius 1 is 0.388 bits per heavy atom. The van der Waals surface area contributed by atoms with E-state index in [0.29, 0.717) is 17.5 Å². The van der Waals surface area contributed by atoms with Crippen molar-refractivity contribution in [3.8, 4) is 56.5 Å². The molecule has 5 heteroatoms. The number of hydrogen-bond donors (Lipinski definition) is 0. The number of aromatic nitrogens is 5. The minimum Gasteiger partial charge on any atom is -0.292 e. The van der Waals surface area contributed by atoms with Gasteiger partial charge in [-0.1, -0.05) is 140 Å². The molecule has 49 heavy (non-hydrogen) atoms. The van der Waals surface area contributed by atoms with Gasteiger partial charge in [0.2, 0.25) is 0 Å². The maximum atomic E-state index is 5.14. The molecule has 4 aromatic heterocycles. The molecule has 0 amide bonds. The molecule has 0 radical (unpaired) electrons. The normalized spacial score (nSPS) is 11.7. The van der Waals surface area contributed by atoms with Crippen molar-refractivity contribution < 1.29 is 0 Å². The predicted octanol–water partition coefficient (Wildman–Crippen LogP) is 10.8. The molecule has 0 aliphatic rings. The molecule has 0 saturated carbocycles. The lowest BCUT2D eigenvalue weighted by atomic mass is 9.91. The summed E-state index contributed by atoms with van der Waals surface area (Å²) in [5, 5.41) is 4.65. The molecule has 0 spiro atoms. The van der Waals surface area contributed by atoms with Crippen molar-refractivity contribution in [1.82, 2.24) is 24.3 Å². The Bertz CT molecular complexity index is 2750. The molecular weight excluding hydrogens is 599 g/mol. The molecule has 0 atom stereocenters. The van der Waals surface area contributed by atoms with E-state index in [1.165, 1.54) is 5.39 Å². The molecule has 0 bridgehead atoms. The summed E-state index contributed by atoms with van der Waals surface area (Å²) in [4.78, 5) is 20.4. The average molecular weight is 626 g/mol.